The summed E-state index contributed by atoms with van der Waals surface area (Å²) < 4.78 is 23.8. The van der Waals surface area contributed by atoms with Crippen LogP contribution >= 0.6 is 11.3 Å². The highest BCUT2D eigenvalue weighted by Gasteiger charge is 2.17. The molecule has 1 aromatic carbocycles. The minimum atomic E-state index is -3.28. The zero-order valence-electron chi connectivity index (χ0n) is 13.1. The number of aliphatic hydroxyl groups is 1. The molecule has 0 atom stereocenters. The number of fused-ring (bicyclic) bond motifs is 1. The number of carbonyl (C=O) groups excluding carboxylic acids is 1. The van der Waals surface area contributed by atoms with Gasteiger partial charge in [-0.15, -0.1) is 0 Å². The van der Waals surface area contributed by atoms with E-state index in [1.807, 2.05) is 0 Å². The van der Waals surface area contributed by atoms with Gasteiger partial charge in [0.1, 0.15) is 0 Å². The molecule has 1 aromatic heterocycles. The van der Waals surface area contributed by atoms with E-state index < -0.39 is 15.4 Å². The Morgan fingerprint density at radius 3 is 2.70 bits per heavy atom. The molecule has 23 heavy (non-hydrogen) atoms. The number of nitrogens with one attached hydrogen (secondary N) is 2. The molecule has 0 saturated carbocycles. The zero-order valence-corrected chi connectivity index (χ0v) is 14.7. The maximum Gasteiger partial charge on any atom is 0.240 e. The molecule has 0 saturated heterocycles. The van der Waals surface area contributed by atoms with Crippen LogP contribution in [0.5, 0.6) is 0 Å². The second-order valence-electron chi connectivity index (χ2n) is 5.86. The van der Waals surface area contributed by atoms with Crippen molar-refractivity contribution >= 4 is 42.4 Å². The normalized spacial score (nSPS) is 12.5. The minimum Gasteiger partial charge on any atom is -0.394 e. The van der Waals surface area contributed by atoms with E-state index >= 15 is 0 Å². The summed E-state index contributed by atoms with van der Waals surface area (Å²) in [6, 6.07) is 4.66. The number of hydrogen-bond acceptors (Lipinski definition) is 7. The predicted octanol–water partition coefficient (Wildman–Crippen LogP) is 0.999. The molecule has 1 amide bonds. The Balaban J connectivity index is 2.11. The van der Waals surface area contributed by atoms with Gasteiger partial charge in [0.2, 0.25) is 5.91 Å². The molecule has 2 rings (SSSR count). The standard InChI is InChI=1S/C14H19N3O4S2/c1-14(2,8-18)15-7-12(19)17-13-16-10-5-4-9(23(3,20)21)6-11(10)22-13/h4-6,15,18H,7-8H2,1-3H3,(H,16,17,19). The van der Waals surface area contributed by atoms with Gasteiger partial charge in [0.25, 0.3) is 0 Å². The number of amides is 1. The summed E-state index contributed by atoms with van der Waals surface area (Å²) in [5.41, 5.74) is 0.0799. The zero-order chi connectivity index (χ0) is 17.3. The average Bonchev–Trinajstić information content (AvgIpc) is 2.85. The highest BCUT2D eigenvalue weighted by Crippen LogP contribution is 2.28. The smallest absolute Gasteiger partial charge is 0.240 e. The first-order valence-corrected chi connectivity index (χ1v) is 9.58. The highest BCUT2D eigenvalue weighted by atomic mass is 32.2. The molecular formula is C14H19N3O4S2. The summed E-state index contributed by atoms with van der Waals surface area (Å²) in [7, 11) is -3.28. The Hall–Kier alpha value is -1.55. The number of anilines is 1. The first-order chi connectivity index (χ1) is 10.6. The molecule has 9 heteroatoms. The number of benzene rings is 1. The van der Waals surface area contributed by atoms with Gasteiger partial charge in [0.15, 0.2) is 15.0 Å². The molecule has 0 fully saturated rings. The number of rotatable bonds is 6. The van der Waals surface area contributed by atoms with E-state index in [2.05, 4.69) is 15.6 Å². The van der Waals surface area contributed by atoms with E-state index in [4.69, 9.17) is 5.11 Å². The number of carbonyl (C=O) groups is 1. The van der Waals surface area contributed by atoms with Crippen LogP contribution in [-0.4, -0.2) is 49.4 Å². The molecule has 0 aliphatic carbocycles. The lowest BCUT2D eigenvalue weighted by atomic mass is 10.1. The van der Waals surface area contributed by atoms with Crippen molar-refractivity contribution in [3.63, 3.8) is 0 Å². The molecule has 0 aliphatic rings. The van der Waals surface area contributed by atoms with Gasteiger partial charge in [-0.2, -0.15) is 0 Å². The van der Waals surface area contributed by atoms with Crippen molar-refractivity contribution in [1.82, 2.24) is 10.3 Å². The SMILES string of the molecule is CC(C)(CO)NCC(=O)Nc1nc2ccc(S(C)(=O)=O)cc2s1. The molecule has 0 radical (unpaired) electrons. The third kappa shape index (κ3) is 4.71. The molecule has 126 valence electrons. The maximum atomic E-state index is 11.9. The minimum absolute atomic E-state index is 0.0398. The van der Waals surface area contributed by atoms with Gasteiger partial charge in [-0.3, -0.25) is 4.79 Å². The molecule has 1 heterocycles. The van der Waals surface area contributed by atoms with Gasteiger partial charge in [-0.1, -0.05) is 11.3 Å². The second kappa shape index (κ2) is 6.52. The van der Waals surface area contributed by atoms with Gasteiger partial charge in [0.05, 0.1) is 28.3 Å². The van der Waals surface area contributed by atoms with Crippen LogP contribution in [-0.2, 0) is 14.6 Å². The molecule has 0 spiro atoms. The van der Waals surface area contributed by atoms with E-state index in [0.717, 1.165) is 6.26 Å². The third-order valence-electron chi connectivity index (χ3n) is 3.16. The quantitative estimate of drug-likeness (QED) is 0.712. The molecule has 3 N–H and O–H groups in total. The molecule has 7 nitrogen and oxygen atoms in total. The topological polar surface area (TPSA) is 108 Å². The van der Waals surface area contributed by atoms with Crippen LogP contribution in [0.15, 0.2) is 23.1 Å². The van der Waals surface area contributed by atoms with E-state index in [1.165, 1.54) is 17.4 Å². The third-order valence-corrected chi connectivity index (χ3v) is 5.20. The van der Waals surface area contributed by atoms with E-state index in [9.17, 15) is 13.2 Å². The first kappa shape index (κ1) is 17.8. The van der Waals surface area contributed by atoms with Crippen LogP contribution in [0, 0.1) is 0 Å². The fourth-order valence-electron chi connectivity index (χ4n) is 1.73. The van der Waals surface area contributed by atoms with Crippen LogP contribution in [0.4, 0.5) is 5.13 Å². The summed E-state index contributed by atoms with van der Waals surface area (Å²) in [6.07, 6.45) is 1.15. The van der Waals surface area contributed by atoms with Gasteiger partial charge < -0.3 is 15.7 Å². The molecular weight excluding hydrogens is 338 g/mol. The molecule has 0 unspecified atom stereocenters. The Labute approximate surface area is 138 Å². The number of hydrogen-bond donors (Lipinski definition) is 3. The summed E-state index contributed by atoms with van der Waals surface area (Å²) in [4.78, 5) is 16.4. The Morgan fingerprint density at radius 1 is 1.39 bits per heavy atom. The average molecular weight is 357 g/mol. The predicted molar refractivity (Wildman–Crippen MR) is 90.5 cm³/mol. The molecule has 0 bridgehead atoms. The van der Waals surface area contributed by atoms with E-state index in [1.54, 1.807) is 26.0 Å². The Bertz CT molecular complexity index is 828. The van der Waals surface area contributed by atoms with Crippen molar-refractivity contribution in [2.45, 2.75) is 24.3 Å². The fourth-order valence-corrected chi connectivity index (χ4v) is 3.37. The highest BCUT2D eigenvalue weighted by molar-refractivity contribution is 7.90. The Kier molecular flexibility index (Phi) is 5.04. The summed E-state index contributed by atoms with van der Waals surface area (Å²) in [5.74, 6) is -0.283. The first-order valence-electron chi connectivity index (χ1n) is 6.87. The summed E-state index contributed by atoms with van der Waals surface area (Å²) in [5, 5.41) is 15.1. The van der Waals surface area contributed by atoms with Gasteiger partial charge in [0, 0.05) is 11.8 Å². The number of aromatic nitrogens is 1. The fraction of sp³-hybridized carbons (Fsp3) is 0.429. The molecule has 0 aliphatic heterocycles. The van der Waals surface area contributed by atoms with Crippen LogP contribution < -0.4 is 10.6 Å². The lowest BCUT2D eigenvalue weighted by Gasteiger charge is -2.22. The number of aliphatic hydroxyl groups excluding tert-OH is 1. The van der Waals surface area contributed by atoms with Crippen LogP contribution in [0.1, 0.15) is 13.8 Å². The van der Waals surface area contributed by atoms with Gasteiger partial charge in [-0.05, 0) is 32.0 Å². The van der Waals surface area contributed by atoms with Crippen molar-refractivity contribution in [2.24, 2.45) is 0 Å². The van der Waals surface area contributed by atoms with Crippen molar-refractivity contribution in [1.29, 1.82) is 0 Å². The van der Waals surface area contributed by atoms with Crippen LogP contribution in [0.25, 0.3) is 10.2 Å². The molecule has 2 aromatic rings. The lowest BCUT2D eigenvalue weighted by Crippen LogP contribution is -2.46. The largest absolute Gasteiger partial charge is 0.394 e. The Morgan fingerprint density at radius 2 is 2.09 bits per heavy atom. The maximum absolute atomic E-state index is 11.9. The van der Waals surface area contributed by atoms with Crippen molar-refractivity contribution in [3.8, 4) is 0 Å². The second-order valence-corrected chi connectivity index (χ2v) is 8.91. The summed E-state index contributed by atoms with van der Waals surface area (Å²) in [6.45, 7) is 3.52. The van der Waals surface area contributed by atoms with Gasteiger partial charge >= 0.3 is 0 Å². The lowest BCUT2D eigenvalue weighted by molar-refractivity contribution is -0.115. The number of sulfone groups is 1. The van der Waals surface area contributed by atoms with E-state index in [-0.39, 0.29) is 24.0 Å². The summed E-state index contributed by atoms with van der Waals surface area (Å²) >= 11 is 1.21. The van der Waals surface area contributed by atoms with Crippen molar-refractivity contribution in [2.75, 3.05) is 24.7 Å². The van der Waals surface area contributed by atoms with Gasteiger partial charge in [-0.25, -0.2) is 13.4 Å². The van der Waals surface area contributed by atoms with E-state index in [0.29, 0.717) is 15.3 Å². The number of thiazole rings is 1. The van der Waals surface area contributed by atoms with Crippen molar-refractivity contribution in [3.05, 3.63) is 18.2 Å². The number of nitrogens with zero attached hydrogens (tertiary/aromatic N) is 1. The van der Waals surface area contributed by atoms with Crippen LogP contribution in [0.3, 0.4) is 0 Å². The monoisotopic (exact) mass is 357 g/mol. The van der Waals surface area contributed by atoms with Crippen molar-refractivity contribution < 1.29 is 18.3 Å². The van der Waals surface area contributed by atoms with Crippen LogP contribution in [0.2, 0.25) is 0 Å².